The molecule has 2 radical (unpaired) electrons. The third-order valence-electron chi connectivity index (χ3n) is 8.09. The molecule has 0 fully saturated rings. The maximum atomic E-state index is 6.89. The molecule has 1 aromatic heterocycles. The molecule has 2 atom stereocenters. The van der Waals surface area contributed by atoms with E-state index in [4.69, 9.17) is 7.85 Å². The third-order valence-corrected chi connectivity index (χ3v) is 10.5. The van der Waals surface area contributed by atoms with E-state index in [9.17, 15) is 0 Å². The largest absolute Gasteiger partial charge is 0.353 e. The molecule has 0 saturated heterocycles. The maximum Gasteiger partial charge on any atom is 0.118 e. The minimum atomic E-state index is -0.329. The van der Waals surface area contributed by atoms with Gasteiger partial charge in [0.05, 0.1) is 13.5 Å². The summed E-state index contributed by atoms with van der Waals surface area (Å²) in [5.74, 6) is 0. The van der Waals surface area contributed by atoms with Gasteiger partial charge in [-0.2, -0.15) is 0 Å². The number of thiophene rings is 1. The molecule has 0 saturated carbocycles. The second kappa shape index (κ2) is 10.5. The Balaban J connectivity index is 1.32. The van der Waals surface area contributed by atoms with Gasteiger partial charge in [0.1, 0.15) is 5.00 Å². The minimum absolute atomic E-state index is 0.0806. The topological polar surface area (TPSA) is 24.1 Å². The number of nitrogens with one attached hydrogen (secondary N) is 2. The summed E-state index contributed by atoms with van der Waals surface area (Å²) in [6.45, 7) is 4.44. The second-order valence-electron chi connectivity index (χ2n) is 10.8. The van der Waals surface area contributed by atoms with Crippen LogP contribution in [0.15, 0.2) is 126 Å². The number of benzene rings is 5. The molecule has 1 aliphatic rings. The summed E-state index contributed by atoms with van der Waals surface area (Å²) in [6.07, 6.45) is 0. The second-order valence-corrected chi connectivity index (χ2v) is 13.0. The van der Waals surface area contributed by atoms with Crippen molar-refractivity contribution in [2.45, 2.75) is 29.3 Å². The highest BCUT2D eigenvalue weighted by Gasteiger charge is 2.43. The number of hydrogen-bond donors (Lipinski definition) is 2. The summed E-state index contributed by atoms with van der Waals surface area (Å²) < 4.78 is 1.23. The molecule has 0 aliphatic carbocycles. The van der Waals surface area contributed by atoms with Gasteiger partial charge < -0.3 is 10.6 Å². The van der Waals surface area contributed by atoms with E-state index in [2.05, 4.69) is 146 Å². The van der Waals surface area contributed by atoms with Crippen molar-refractivity contribution < 1.29 is 0 Å². The normalized spacial score (nSPS) is 17.9. The van der Waals surface area contributed by atoms with Crippen molar-refractivity contribution in [2.75, 3.05) is 10.6 Å². The van der Waals surface area contributed by atoms with Crippen LogP contribution in [0, 0.1) is 6.92 Å². The first-order chi connectivity index (χ1) is 20.0. The lowest BCUT2D eigenvalue weighted by Gasteiger charge is -2.33. The van der Waals surface area contributed by atoms with Crippen molar-refractivity contribution in [1.29, 1.82) is 0 Å². The molecular formula is C36H29BN2S2. The van der Waals surface area contributed by atoms with Crippen LogP contribution in [0.2, 0.25) is 0 Å². The highest BCUT2D eigenvalue weighted by molar-refractivity contribution is 8.01. The molecule has 5 heteroatoms. The Bertz CT molecular complexity index is 1880. The maximum absolute atomic E-state index is 6.89. The summed E-state index contributed by atoms with van der Waals surface area (Å²) >= 11 is 3.53. The quantitative estimate of drug-likeness (QED) is 0.197. The van der Waals surface area contributed by atoms with Crippen LogP contribution in [0.4, 0.5) is 22.1 Å². The van der Waals surface area contributed by atoms with Gasteiger partial charge in [-0.25, -0.2) is 0 Å². The van der Waals surface area contributed by atoms with Crippen molar-refractivity contribution >= 4 is 63.1 Å². The van der Waals surface area contributed by atoms with Crippen LogP contribution in [-0.4, -0.2) is 13.0 Å². The van der Waals surface area contributed by atoms with E-state index in [-0.39, 0.29) is 10.6 Å². The lowest BCUT2D eigenvalue weighted by Crippen LogP contribution is -2.33. The van der Waals surface area contributed by atoms with Crippen molar-refractivity contribution in [1.82, 2.24) is 0 Å². The molecule has 2 nitrogen and oxygen atoms in total. The number of hydrogen-bond acceptors (Lipinski definition) is 4. The summed E-state index contributed by atoms with van der Waals surface area (Å²) in [7, 11) is 6.89. The number of aryl methyl sites for hydroxylation is 1. The van der Waals surface area contributed by atoms with Gasteiger partial charge in [0.15, 0.2) is 0 Å². The van der Waals surface area contributed by atoms with Crippen LogP contribution in [0.1, 0.15) is 23.6 Å². The van der Waals surface area contributed by atoms with Crippen molar-refractivity contribution in [3.05, 3.63) is 138 Å². The van der Waals surface area contributed by atoms with Gasteiger partial charge in [-0.1, -0.05) is 103 Å². The predicted molar refractivity (Wildman–Crippen MR) is 180 cm³/mol. The third kappa shape index (κ3) is 4.63. The number of fused-ring (bicyclic) bond motifs is 2. The molecule has 6 aromatic rings. The summed E-state index contributed by atoms with van der Waals surface area (Å²) in [5, 5.41) is 9.85. The Morgan fingerprint density at radius 2 is 1.46 bits per heavy atom. The fourth-order valence-electron chi connectivity index (χ4n) is 5.83. The van der Waals surface area contributed by atoms with Crippen LogP contribution < -0.4 is 10.6 Å². The Morgan fingerprint density at radius 3 is 2.34 bits per heavy atom. The number of rotatable bonds is 6. The first-order valence-corrected chi connectivity index (χ1v) is 15.5. The van der Waals surface area contributed by atoms with Gasteiger partial charge in [-0.3, -0.25) is 0 Å². The molecular weight excluding hydrogens is 535 g/mol. The molecule has 1 aliphatic heterocycles. The van der Waals surface area contributed by atoms with Gasteiger partial charge in [0.2, 0.25) is 0 Å². The average molecular weight is 565 g/mol. The lowest BCUT2D eigenvalue weighted by molar-refractivity contribution is 0.628. The fourth-order valence-corrected chi connectivity index (χ4v) is 8.23. The van der Waals surface area contributed by atoms with Crippen LogP contribution in [-0.2, 0) is 5.41 Å². The Hall–Kier alpha value is -3.93. The Morgan fingerprint density at radius 1 is 0.707 bits per heavy atom. The van der Waals surface area contributed by atoms with E-state index < -0.39 is 0 Å². The molecule has 0 amide bonds. The molecule has 2 heterocycles. The molecule has 198 valence electrons. The monoisotopic (exact) mass is 564 g/mol. The molecule has 0 spiro atoms. The van der Waals surface area contributed by atoms with Crippen LogP contribution in [0.3, 0.4) is 0 Å². The first-order valence-electron chi connectivity index (χ1n) is 13.8. The van der Waals surface area contributed by atoms with E-state index in [1.807, 2.05) is 0 Å². The highest BCUT2D eigenvalue weighted by atomic mass is 32.2. The summed E-state index contributed by atoms with van der Waals surface area (Å²) in [4.78, 5) is 1.26. The lowest BCUT2D eigenvalue weighted by atomic mass is 9.67. The average Bonchev–Trinajstić information content (AvgIpc) is 3.48. The fraction of sp³-hybridized carbons (Fsp3) is 0.111. The van der Waals surface area contributed by atoms with Gasteiger partial charge >= 0.3 is 0 Å². The first kappa shape index (κ1) is 26.0. The van der Waals surface area contributed by atoms with Gasteiger partial charge in [0, 0.05) is 31.8 Å². The van der Waals surface area contributed by atoms with Crippen molar-refractivity contribution in [3.63, 3.8) is 0 Å². The van der Waals surface area contributed by atoms with Crippen LogP contribution in [0.25, 0.3) is 21.2 Å². The van der Waals surface area contributed by atoms with E-state index in [1.54, 1.807) is 23.1 Å². The highest BCUT2D eigenvalue weighted by Crippen LogP contribution is 2.54. The molecule has 1 unspecified atom stereocenters. The van der Waals surface area contributed by atoms with Gasteiger partial charge in [-0.15, -0.1) is 23.1 Å². The zero-order valence-corrected chi connectivity index (χ0v) is 24.7. The SMILES string of the molecule is [B][C@@H]1Sc2ccccc2C1(C)c1cc(C)ccc1Nc1sc2ccccc2c1Nc1cccc(-c2ccccc2)c1. The Labute approximate surface area is 251 Å². The van der Waals surface area contributed by atoms with E-state index in [0.717, 1.165) is 22.1 Å². The zero-order valence-electron chi connectivity index (χ0n) is 23.0. The van der Waals surface area contributed by atoms with E-state index in [1.165, 1.54) is 42.8 Å². The molecule has 5 aromatic carbocycles. The minimum Gasteiger partial charge on any atom is -0.353 e. The number of thioether (sulfide) groups is 1. The van der Waals surface area contributed by atoms with Crippen molar-refractivity contribution in [3.8, 4) is 11.1 Å². The molecule has 2 N–H and O–H groups in total. The van der Waals surface area contributed by atoms with E-state index in [0.29, 0.717) is 0 Å². The zero-order chi connectivity index (χ0) is 28.0. The summed E-state index contributed by atoms with van der Waals surface area (Å²) in [6, 6.07) is 43.0. The van der Waals surface area contributed by atoms with E-state index >= 15 is 0 Å². The van der Waals surface area contributed by atoms with Crippen LogP contribution in [0.5, 0.6) is 0 Å². The predicted octanol–water partition coefficient (Wildman–Crippen LogP) is 10.3. The smallest absolute Gasteiger partial charge is 0.118 e. The van der Waals surface area contributed by atoms with Crippen molar-refractivity contribution in [2.24, 2.45) is 0 Å². The number of anilines is 4. The van der Waals surface area contributed by atoms with Gasteiger partial charge in [-0.05, 0) is 64.7 Å². The summed E-state index contributed by atoms with van der Waals surface area (Å²) in [5.41, 5.74) is 9.01. The van der Waals surface area contributed by atoms with Gasteiger partial charge in [0.25, 0.3) is 0 Å². The molecule has 0 bridgehead atoms. The van der Waals surface area contributed by atoms with Crippen LogP contribution >= 0.6 is 23.1 Å². The molecule has 7 rings (SSSR count). The standard InChI is InChI=1S/C36H29BN2S2/c1-23-19-20-30(29(21-23)36(2)28-16-7-9-18-32(28)41-35(36)37)39-34-33(27-15-6-8-17-31(27)40-34)38-26-14-10-13-25(22-26)24-11-4-3-5-12-24/h3-22,35,38-39H,1-2H3/t35-,36?/m1/s1. The molecule has 41 heavy (non-hydrogen) atoms. The Kier molecular flexibility index (Phi) is 6.65.